The number of rotatable bonds is 7. The Morgan fingerprint density at radius 1 is 1.33 bits per heavy atom. The molecular formula is C20H22N6O4. The number of nitrogens with zero attached hydrogens (tertiary/aromatic N) is 4. The number of furan rings is 1. The smallest absolute Gasteiger partial charge is 0.246 e. The van der Waals surface area contributed by atoms with Crippen LogP contribution in [0.25, 0.3) is 11.5 Å². The quantitative estimate of drug-likeness (QED) is 0.592. The highest BCUT2D eigenvalue weighted by atomic mass is 16.5. The van der Waals surface area contributed by atoms with Gasteiger partial charge in [-0.2, -0.15) is 4.98 Å². The highest BCUT2D eigenvalue weighted by molar-refractivity contribution is 5.88. The number of carbonyl (C=O) groups is 2. The molecule has 1 fully saturated rings. The number of hydrogen-bond acceptors (Lipinski definition) is 8. The van der Waals surface area contributed by atoms with Crippen LogP contribution < -0.4 is 10.6 Å². The molecule has 2 amide bonds. The summed E-state index contributed by atoms with van der Waals surface area (Å²) in [5.74, 6) is 1.74. The molecule has 0 spiro atoms. The lowest BCUT2D eigenvalue weighted by atomic mass is 10.1. The molecule has 1 saturated heterocycles. The molecule has 0 radical (unpaired) electrons. The summed E-state index contributed by atoms with van der Waals surface area (Å²) >= 11 is 0. The van der Waals surface area contributed by atoms with Crippen LogP contribution in [0.3, 0.4) is 0 Å². The van der Waals surface area contributed by atoms with Crippen molar-refractivity contribution in [1.82, 2.24) is 30.7 Å². The van der Waals surface area contributed by atoms with E-state index in [4.69, 9.17) is 8.94 Å². The minimum absolute atomic E-state index is 0.0206. The van der Waals surface area contributed by atoms with Gasteiger partial charge in [0, 0.05) is 19.3 Å². The molecule has 2 N–H and O–H groups in total. The van der Waals surface area contributed by atoms with Crippen LogP contribution in [0.15, 0.2) is 45.5 Å². The van der Waals surface area contributed by atoms with Crippen molar-refractivity contribution in [1.29, 1.82) is 0 Å². The Labute approximate surface area is 172 Å². The molecule has 4 rings (SSSR count). The molecule has 156 valence electrons. The number of carbonyl (C=O) groups excluding carboxylic acids is 2. The number of piperazine rings is 1. The summed E-state index contributed by atoms with van der Waals surface area (Å²) < 4.78 is 10.8. The van der Waals surface area contributed by atoms with E-state index in [0.717, 1.165) is 11.5 Å². The second-order valence-electron chi connectivity index (χ2n) is 7.00. The molecule has 0 bridgehead atoms. The second-order valence-corrected chi connectivity index (χ2v) is 7.00. The van der Waals surface area contributed by atoms with Crippen LogP contribution in [0, 0.1) is 6.92 Å². The zero-order chi connectivity index (χ0) is 20.9. The van der Waals surface area contributed by atoms with Gasteiger partial charge in [0.1, 0.15) is 17.2 Å². The van der Waals surface area contributed by atoms with Gasteiger partial charge in [-0.25, -0.2) is 0 Å². The highest BCUT2D eigenvalue weighted by Gasteiger charge is 2.32. The Morgan fingerprint density at radius 3 is 3.00 bits per heavy atom. The summed E-state index contributed by atoms with van der Waals surface area (Å²) in [6, 6.07) is 8.58. The van der Waals surface area contributed by atoms with Crippen molar-refractivity contribution in [2.45, 2.75) is 32.5 Å². The molecule has 0 saturated carbocycles. The predicted octanol–water partition coefficient (Wildman–Crippen LogP) is 1.04. The molecule has 1 unspecified atom stereocenters. The largest absolute Gasteiger partial charge is 0.465 e. The fourth-order valence-electron chi connectivity index (χ4n) is 3.29. The molecule has 1 aliphatic rings. The van der Waals surface area contributed by atoms with Gasteiger partial charge in [-0.3, -0.25) is 19.5 Å². The Hall–Kier alpha value is -3.53. The van der Waals surface area contributed by atoms with Gasteiger partial charge in [-0.15, -0.1) is 0 Å². The van der Waals surface area contributed by atoms with Gasteiger partial charge in [-0.05, 0) is 31.2 Å². The lowest BCUT2D eigenvalue weighted by Gasteiger charge is -2.34. The molecule has 0 aromatic carbocycles. The van der Waals surface area contributed by atoms with Crippen molar-refractivity contribution in [2.75, 3.05) is 13.1 Å². The van der Waals surface area contributed by atoms with Crippen LogP contribution in [0.4, 0.5) is 0 Å². The first-order chi connectivity index (χ1) is 14.6. The molecule has 4 heterocycles. The maximum absolute atomic E-state index is 12.5. The van der Waals surface area contributed by atoms with Crippen molar-refractivity contribution in [3.05, 3.63) is 53.9 Å². The number of pyridine rings is 1. The summed E-state index contributed by atoms with van der Waals surface area (Å²) in [6.07, 6.45) is 1.66. The normalized spacial score (nSPS) is 17.0. The first-order valence-corrected chi connectivity index (χ1v) is 9.66. The van der Waals surface area contributed by atoms with E-state index in [0.29, 0.717) is 31.2 Å². The number of aryl methyl sites for hydroxylation is 1. The topological polar surface area (TPSA) is 126 Å². The maximum atomic E-state index is 12.5. The van der Waals surface area contributed by atoms with Gasteiger partial charge in [0.05, 0.1) is 25.6 Å². The number of amides is 2. The van der Waals surface area contributed by atoms with Crippen molar-refractivity contribution < 1.29 is 18.5 Å². The van der Waals surface area contributed by atoms with Crippen LogP contribution in [-0.2, 0) is 22.7 Å². The maximum Gasteiger partial charge on any atom is 0.246 e. The van der Waals surface area contributed by atoms with E-state index in [2.05, 4.69) is 25.8 Å². The van der Waals surface area contributed by atoms with Crippen molar-refractivity contribution in [3.8, 4) is 11.5 Å². The Bertz CT molecular complexity index is 1020. The number of aromatic nitrogens is 3. The molecule has 0 aliphatic carbocycles. The van der Waals surface area contributed by atoms with Crippen LogP contribution >= 0.6 is 0 Å². The van der Waals surface area contributed by atoms with Crippen molar-refractivity contribution in [3.63, 3.8) is 0 Å². The molecule has 3 aromatic heterocycles. The molecule has 1 atom stereocenters. The minimum Gasteiger partial charge on any atom is -0.465 e. The Morgan fingerprint density at radius 2 is 2.23 bits per heavy atom. The number of nitrogens with one attached hydrogen (secondary N) is 2. The first-order valence-electron chi connectivity index (χ1n) is 9.66. The molecule has 10 nitrogen and oxygen atoms in total. The molecule has 1 aliphatic heterocycles. The monoisotopic (exact) mass is 410 g/mol. The van der Waals surface area contributed by atoms with Crippen LogP contribution in [0.2, 0.25) is 0 Å². The Balaban J connectivity index is 1.34. The predicted molar refractivity (Wildman–Crippen MR) is 105 cm³/mol. The van der Waals surface area contributed by atoms with E-state index in [1.54, 1.807) is 18.3 Å². The average Bonchev–Trinajstić information content (AvgIpc) is 3.39. The van der Waals surface area contributed by atoms with Gasteiger partial charge < -0.3 is 19.6 Å². The van der Waals surface area contributed by atoms with Gasteiger partial charge in [-0.1, -0.05) is 11.2 Å². The number of hydrogen-bond donors (Lipinski definition) is 2. The van der Waals surface area contributed by atoms with E-state index in [9.17, 15) is 9.59 Å². The third-order valence-electron chi connectivity index (χ3n) is 4.77. The van der Waals surface area contributed by atoms with Crippen molar-refractivity contribution >= 4 is 11.8 Å². The van der Waals surface area contributed by atoms with Crippen LogP contribution in [-0.4, -0.2) is 51.0 Å². The van der Waals surface area contributed by atoms with Crippen LogP contribution in [0.1, 0.15) is 23.8 Å². The van der Waals surface area contributed by atoms with Gasteiger partial charge in [0.2, 0.25) is 23.5 Å². The van der Waals surface area contributed by atoms with E-state index >= 15 is 0 Å². The summed E-state index contributed by atoms with van der Waals surface area (Å²) in [7, 11) is 0. The zero-order valence-electron chi connectivity index (χ0n) is 16.5. The molecular weight excluding hydrogens is 388 g/mol. The van der Waals surface area contributed by atoms with Gasteiger partial charge in [0.15, 0.2) is 0 Å². The van der Waals surface area contributed by atoms with E-state index < -0.39 is 6.04 Å². The van der Waals surface area contributed by atoms with E-state index in [-0.39, 0.29) is 30.7 Å². The third-order valence-corrected chi connectivity index (χ3v) is 4.77. The fourth-order valence-corrected chi connectivity index (χ4v) is 3.29. The van der Waals surface area contributed by atoms with E-state index in [1.165, 1.54) is 0 Å². The SMILES string of the molecule is Cc1ccc(CN2CCNC(=O)C2CC(=O)NCc2nc(-c3ccccn3)no2)o1. The van der Waals surface area contributed by atoms with E-state index in [1.807, 2.05) is 30.0 Å². The second kappa shape index (κ2) is 8.87. The highest BCUT2D eigenvalue weighted by Crippen LogP contribution is 2.16. The molecule has 10 heteroatoms. The summed E-state index contributed by atoms with van der Waals surface area (Å²) in [6.45, 7) is 3.59. The van der Waals surface area contributed by atoms with Gasteiger partial charge in [0.25, 0.3) is 0 Å². The summed E-state index contributed by atoms with van der Waals surface area (Å²) in [5, 5.41) is 9.42. The van der Waals surface area contributed by atoms with Crippen LogP contribution in [0.5, 0.6) is 0 Å². The molecule has 30 heavy (non-hydrogen) atoms. The first kappa shape index (κ1) is 19.8. The Kier molecular flexibility index (Phi) is 5.84. The zero-order valence-corrected chi connectivity index (χ0v) is 16.5. The lowest BCUT2D eigenvalue weighted by Crippen LogP contribution is -2.56. The van der Waals surface area contributed by atoms with Crippen molar-refractivity contribution in [2.24, 2.45) is 0 Å². The minimum atomic E-state index is -0.573. The average molecular weight is 410 g/mol. The molecule has 3 aromatic rings. The summed E-state index contributed by atoms with van der Waals surface area (Å²) in [5.41, 5.74) is 0.585. The standard InChI is InChI=1S/C20H22N6O4/c1-13-5-6-14(29-13)12-26-9-8-22-20(28)16(26)10-17(27)23-11-18-24-19(25-30-18)15-4-2-3-7-21-15/h2-7,16H,8-12H2,1H3,(H,22,28)(H,23,27). The fraction of sp³-hybridized carbons (Fsp3) is 0.350. The van der Waals surface area contributed by atoms with Gasteiger partial charge >= 0.3 is 0 Å². The third kappa shape index (κ3) is 4.71. The lowest BCUT2D eigenvalue weighted by molar-refractivity contribution is -0.134. The summed E-state index contributed by atoms with van der Waals surface area (Å²) in [4.78, 5) is 35.2.